The van der Waals surface area contributed by atoms with Gasteiger partial charge in [-0.3, -0.25) is 9.89 Å². The normalized spacial score (nSPS) is 14.5. The van der Waals surface area contributed by atoms with E-state index in [4.69, 9.17) is 17.3 Å². The third-order valence-corrected chi connectivity index (χ3v) is 6.02. The number of phenolic OH excluding ortho intramolecular Hbond substituents is 1. The fourth-order valence-electron chi connectivity index (χ4n) is 3.87. The lowest BCUT2D eigenvalue weighted by molar-refractivity contribution is 0.100. The number of amides is 1. The van der Waals surface area contributed by atoms with Crippen molar-refractivity contribution >= 4 is 29.0 Å². The van der Waals surface area contributed by atoms with Gasteiger partial charge >= 0.3 is 0 Å². The van der Waals surface area contributed by atoms with Gasteiger partial charge in [-0.05, 0) is 42.4 Å². The number of anilines is 2. The molecular weight excluding hydrogens is 428 g/mol. The number of halogens is 1. The Hall–Kier alpha value is -3.23. The van der Waals surface area contributed by atoms with E-state index in [9.17, 15) is 9.90 Å². The number of primary amides is 1. The standard InChI is InChI=1S/C23H27ClN6O2/c1-29-8-10-30(11-9-29)20-7-4-16(12-18(20)24)13-19-21(22(25)32)23(28-27-19)26-14-15-2-5-17(31)6-3-15/h2-7,12,31H,8-11,13-14H2,1H3,(H2,25,32)(H2,26,27,28). The van der Waals surface area contributed by atoms with Crippen molar-refractivity contribution in [2.45, 2.75) is 13.0 Å². The van der Waals surface area contributed by atoms with Crippen LogP contribution >= 0.6 is 11.6 Å². The lowest BCUT2D eigenvalue weighted by Crippen LogP contribution is -2.44. The molecule has 0 unspecified atom stereocenters. The highest BCUT2D eigenvalue weighted by Crippen LogP contribution is 2.29. The van der Waals surface area contributed by atoms with Crippen molar-refractivity contribution < 1.29 is 9.90 Å². The summed E-state index contributed by atoms with van der Waals surface area (Å²) in [5, 5.41) is 20.4. The van der Waals surface area contributed by atoms with E-state index in [1.807, 2.05) is 18.2 Å². The van der Waals surface area contributed by atoms with Crippen molar-refractivity contribution in [2.24, 2.45) is 5.73 Å². The van der Waals surface area contributed by atoms with Gasteiger partial charge in [0.15, 0.2) is 5.82 Å². The number of phenols is 1. The minimum absolute atomic E-state index is 0.200. The maximum Gasteiger partial charge on any atom is 0.254 e. The average Bonchev–Trinajstić information content (AvgIpc) is 3.17. The molecule has 1 aliphatic rings. The zero-order valence-corrected chi connectivity index (χ0v) is 18.7. The van der Waals surface area contributed by atoms with E-state index in [2.05, 4.69) is 32.4 Å². The topological polar surface area (TPSA) is 111 Å². The first-order valence-electron chi connectivity index (χ1n) is 10.5. The third-order valence-electron chi connectivity index (χ3n) is 5.72. The smallest absolute Gasteiger partial charge is 0.254 e. The van der Waals surface area contributed by atoms with Crippen LogP contribution in [-0.4, -0.2) is 59.3 Å². The van der Waals surface area contributed by atoms with Crippen LogP contribution in [0.15, 0.2) is 42.5 Å². The number of H-pyrrole nitrogens is 1. The number of aromatic nitrogens is 2. The molecule has 1 aliphatic heterocycles. The number of aromatic hydroxyl groups is 1. The van der Waals surface area contributed by atoms with Gasteiger partial charge in [0, 0.05) is 39.1 Å². The summed E-state index contributed by atoms with van der Waals surface area (Å²) in [6.07, 6.45) is 0.453. The quantitative estimate of drug-likeness (QED) is 0.437. The molecule has 3 aromatic rings. The van der Waals surface area contributed by atoms with E-state index in [1.54, 1.807) is 24.3 Å². The van der Waals surface area contributed by atoms with Gasteiger partial charge < -0.3 is 26.0 Å². The first kappa shape index (κ1) is 22.0. The Morgan fingerprint density at radius 2 is 1.84 bits per heavy atom. The second kappa shape index (κ2) is 9.50. The summed E-state index contributed by atoms with van der Waals surface area (Å²) in [5.41, 5.74) is 9.55. The Labute approximate surface area is 192 Å². The molecule has 2 heterocycles. The summed E-state index contributed by atoms with van der Waals surface area (Å²) in [5.74, 6) is 0.0498. The molecule has 1 amide bonds. The highest BCUT2D eigenvalue weighted by atomic mass is 35.5. The van der Waals surface area contributed by atoms with Crippen LogP contribution in [-0.2, 0) is 13.0 Å². The molecule has 0 spiro atoms. The van der Waals surface area contributed by atoms with Crippen LogP contribution in [0.1, 0.15) is 27.2 Å². The van der Waals surface area contributed by atoms with Gasteiger partial charge in [0.2, 0.25) is 0 Å². The van der Waals surface area contributed by atoms with E-state index in [0.29, 0.717) is 35.1 Å². The van der Waals surface area contributed by atoms with E-state index in [-0.39, 0.29) is 5.75 Å². The van der Waals surface area contributed by atoms with Crippen LogP contribution in [0.4, 0.5) is 11.5 Å². The molecule has 5 N–H and O–H groups in total. The van der Waals surface area contributed by atoms with Gasteiger partial charge in [0.1, 0.15) is 11.3 Å². The monoisotopic (exact) mass is 454 g/mol. The van der Waals surface area contributed by atoms with Crippen molar-refractivity contribution in [3.05, 3.63) is 69.9 Å². The second-order valence-corrected chi connectivity index (χ2v) is 8.47. The molecule has 1 fully saturated rings. The van der Waals surface area contributed by atoms with Crippen LogP contribution in [0.25, 0.3) is 0 Å². The molecule has 8 nitrogen and oxygen atoms in total. The summed E-state index contributed by atoms with van der Waals surface area (Å²) < 4.78 is 0. The lowest BCUT2D eigenvalue weighted by atomic mass is 10.0. The van der Waals surface area contributed by atoms with Crippen LogP contribution in [0.3, 0.4) is 0 Å². The maximum atomic E-state index is 12.2. The number of nitrogens with one attached hydrogen (secondary N) is 2. The number of likely N-dealkylation sites (N-methyl/N-ethyl adjacent to an activating group) is 1. The van der Waals surface area contributed by atoms with Gasteiger partial charge in [-0.15, -0.1) is 0 Å². The van der Waals surface area contributed by atoms with Crippen molar-refractivity contribution in [1.29, 1.82) is 0 Å². The Morgan fingerprint density at radius 3 is 2.50 bits per heavy atom. The largest absolute Gasteiger partial charge is 0.508 e. The summed E-state index contributed by atoms with van der Waals surface area (Å²) in [4.78, 5) is 16.8. The minimum Gasteiger partial charge on any atom is -0.508 e. The number of rotatable bonds is 7. The molecule has 0 atom stereocenters. The van der Waals surface area contributed by atoms with Crippen LogP contribution < -0.4 is 16.0 Å². The van der Waals surface area contributed by atoms with E-state index >= 15 is 0 Å². The first-order valence-corrected chi connectivity index (χ1v) is 10.9. The molecule has 9 heteroatoms. The SMILES string of the molecule is CN1CCN(c2ccc(Cc3[nH]nc(NCc4ccc(O)cc4)c3C(N)=O)cc2Cl)CC1. The second-order valence-electron chi connectivity index (χ2n) is 8.06. The molecular formula is C23H27ClN6O2. The molecule has 0 radical (unpaired) electrons. The molecule has 0 saturated carbocycles. The zero-order valence-electron chi connectivity index (χ0n) is 17.9. The number of nitrogens with zero attached hydrogens (tertiary/aromatic N) is 3. The van der Waals surface area contributed by atoms with Crippen molar-refractivity contribution in [3.8, 4) is 5.75 Å². The predicted molar refractivity (Wildman–Crippen MR) is 127 cm³/mol. The Bertz CT molecular complexity index is 1090. The van der Waals surface area contributed by atoms with E-state index in [1.165, 1.54) is 0 Å². The molecule has 168 valence electrons. The maximum absolute atomic E-state index is 12.2. The fourth-order valence-corrected chi connectivity index (χ4v) is 4.19. The molecule has 0 aliphatic carbocycles. The summed E-state index contributed by atoms with van der Waals surface area (Å²) >= 11 is 6.60. The zero-order chi connectivity index (χ0) is 22.7. The molecule has 0 bridgehead atoms. The highest BCUT2D eigenvalue weighted by Gasteiger charge is 2.20. The van der Waals surface area contributed by atoms with Crippen LogP contribution in [0, 0.1) is 0 Å². The number of carbonyl (C=O) groups is 1. The molecule has 1 aromatic heterocycles. The fraction of sp³-hybridized carbons (Fsp3) is 0.304. The van der Waals surface area contributed by atoms with E-state index < -0.39 is 5.91 Å². The summed E-state index contributed by atoms with van der Waals surface area (Å²) in [7, 11) is 2.12. The van der Waals surface area contributed by atoms with Gasteiger partial charge in [-0.1, -0.05) is 29.8 Å². The van der Waals surface area contributed by atoms with Gasteiger partial charge in [0.25, 0.3) is 5.91 Å². The van der Waals surface area contributed by atoms with Gasteiger partial charge in [-0.2, -0.15) is 5.10 Å². The Morgan fingerprint density at radius 1 is 1.16 bits per heavy atom. The summed E-state index contributed by atoms with van der Waals surface area (Å²) in [6.45, 7) is 4.34. The highest BCUT2D eigenvalue weighted by molar-refractivity contribution is 6.33. The average molecular weight is 455 g/mol. The number of hydrogen-bond donors (Lipinski definition) is 4. The molecule has 4 rings (SSSR count). The number of piperazine rings is 1. The van der Waals surface area contributed by atoms with Gasteiger partial charge in [0.05, 0.1) is 16.4 Å². The molecule has 1 saturated heterocycles. The van der Waals surface area contributed by atoms with Crippen LogP contribution in [0.2, 0.25) is 5.02 Å². The molecule has 2 aromatic carbocycles. The minimum atomic E-state index is -0.554. The Kier molecular flexibility index (Phi) is 6.53. The number of nitrogens with two attached hydrogens (primary N) is 1. The first-order chi connectivity index (χ1) is 15.4. The van der Waals surface area contributed by atoms with Gasteiger partial charge in [-0.25, -0.2) is 0 Å². The van der Waals surface area contributed by atoms with Crippen molar-refractivity contribution in [2.75, 3.05) is 43.4 Å². The molecule has 32 heavy (non-hydrogen) atoms. The summed E-state index contributed by atoms with van der Waals surface area (Å²) in [6, 6.07) is 12.8. The number of benzene rings is 2. The van der Waals surface area contributed by atoms with Crippen molar-refractivity contribution in [1.82, 2.24) is 15.1 Å². The van der Waals surface area contributed by atoms with Crippen LogP contribution in [0.5, 0.6) is 5.75 Å². The number of hydrogen-bond acceptors (Lipinski definition) is 6. The lowest BCUT2D eigenvalue weighted by Gasteiger charge is -2.34. The van der Waals surface area contributed by atoms with E-state index in [0.717, 1.165) is 43.0 Å². The number of aromatic amines is 1. The van der Waals surface area contributed by atoms with Crippen molar-refractivity contribution in [3.63, 3.8) is 0 Å². The predicted octanol–water partition coefficient (Wildman–Crippen LogP) is 2.82. The Balaban J connectivity index is 1.48. The number of carbonyl (C=O) groups excluding carboxylic acids is 1. The third kappa shape index (κ3) is 4.98.